The fraction of sp³-hybridized carbons (Fsp3) is 0.474. The van der Waals surface area contributed by atoms with E-state index in [0.717, 1.165) is 17.0 Å². The topological polar surface area (TPSA) is 75.5 Å². The van der Waals surface area contributed by atoms with E-state index in [0.29, 0.717) is 44.0 Å². The molecule has 1 saturated heterocycles. The number of amides is 1. The minimum atomic E-state index is -3.50. The second kappa shape index (κ2) is 7.82. The Labute approximate surface area is 160 Å². The molecule has 0 bridgehead atoms. The highest BCUT2D eigenvalue weighted by Crippen LogP contribution is 2.18. The third-order valence-electron chi connectivity index (χ3n) is 4.89. The van der Waals surface area contributed by atoms with Gasteiger partial charge in [0.25, 0.3) is 0 Å². The lowest BCUT2D eigenvalue weighted by molar-refractivity contribution is -0.132. The highest BCUT2D eigenvalue weighted by atomic mass is 32.2. The Balaban J connectivity index is 1.55. The summed E-state index contributed by atoms with van der Waals surface area (Å²) < 4.78 is 28.8. The van der Waals surface area contributed by atoms with Gasteiger partial charge in [0, 0.05) is 44.8 Å². The molecule has 1 aliphatic heterocycles. The molecule has 0 radical (unpaired) electrons. The molecular weight excluding hydrogens is 364 g/mol. The summed E-state index contributed by atoms with van der Waals surface area (Å²) in [5, 5.41) is 4.37. The first-order chi connectivity index (χ1) is 12.8. The SMILES string of the molecule is Cc1ccc(S(=O)(=O)N2CCN(C(=O)CCn3nc(C)cc3C)CC2)cc1. The number of aromatic nitrogens is 2. The number of sulfonamides is 1. The van der Waals surface area contributed by atoms with Crippen molar-refractivity contribution < 1.29 is 13.2 Å². The predicted octanol–water partition coefficient (Wildman–Crippen LogP) is 1.73. The van der Waals surface area contributed by atoms with Crippen molar-refractivity contribution in [3.63, 3.8) is 0 Å². The van der Waals surface area contributed by atoms with Crippen molar-refractivity contribution in [3.05, 3.63) is 47.3 Å². The molecule has 7 nitrogen and oxygen atoms in total. The van der Waals surface area contributed by atoms with Crippen molar-refractivity contribution in [3.8, 4) is 0 Å². The van der Waals surface area contributed by atoms with Crippen molar-refractivity contribution in [2.75, 3.05) is 26.2 Å². The van der Waals surface area contributed by atoms with E-state index in [1.165, 1.54) is 4.31 Å². The van der Waals surface area contributed by atoms with Crippen LogP contribution in [-0.4, -0.2) is 59.5 Å². The van der Waals surface area contributed by atoms with Gasteiger partial charge in [-0.1, -0.05) is 17.7 Å². The highest BCUT2D eigenvalue weighted by Gasteiger charge is 2.29. The van der Waals surface area contributed by atoms with E-state index in [1.807, 2.05) is 31.5 Å². The normalized spacial score (nSPS) is 15.9. The van der Waals surface area contributed by atoms with Gasteiger partial charge >= 0.3 is 0 Å². The minimum absolute atomic E-state index is 0.0370. The quantitative estimate of drug-likeness (QED) is 0.779. The number of benzene rings is 1. The second-order valence-corrected chi connectivity index (χ2v) is 8.94. The Morgan fingerprint density at radius 3 is 2.22 bits per heavy atom. The molecule has 0 N–H and O–H groups in total. The summed E-state index contributed by atoms with van der Waals surface area (Å²) in [4.78, 5) is 14.5. The molecule has 27 heavy (non-hydrogen) atoms. The molecule has 0 atom stereocenters. The Hall–Kier alpha value is -2.19. The Morgan fingerprint density at radius 2 is 1.67 bits per heavy atom. The van der Waals surface area contributed by atoms with Gasteiger partial charge in [-0.2, -0.15) is 9.40 Å². The maximum absolute atomic E-state index is 12.7. The van der Waals surface area contributed by atoms with E-state index in [-0.39, 0.29) is 5.91 Å². The fourth-order valence-electron chi connectivity index (χ4n) is 3.30. The Kier molecular flexibility index (Phi) is 5.67. The number of rotatable bonds is 5. The zero-order chi connectivity index (χ0) is 19.6. The van der Waals surface area contributed by atoms with Crippen LogP contribution < -0.4 is 0 Å². The molecule has 146 valence electrons. The van der Waals surface area contributed by atoms with Gasteiger partial charge in [0.05, 0.1) is 10.6 Å². The lowest BCUT2D eigenvalue weighted by Gasteiger charge is -2.34. The monoisotopic (exact) mass is 390 g/mol. The van der Waals surface area contributed by atoms with Crippen LogP contribution in [0.3, 0.4) is 0 Å². The molecule has 0 unspecified atom stereocenters. The summed E-state index contributed by atoms with van der Waals surface area (Å²) in [6.07, 6.45) is 0.368. The van der Waals surface area contributed by atoms with E-state index in [1.54, 1.807) is 29.2 Å². The average molecular weight is 391 g/mol. The second-order valence-electron chi connectivity index (χ2n) is 7.00. The molecule has 2 heterocycles. The van der Waals surface area contributed by atoms with Crippen LogP contribution in [0.15, 0.2) is 35.2 Å². The number of aryl methyl sites for hydroxylation is 4. The van der Waals surface area contributed by atoms with Crippen LogP contribution in [0.4, 0.5) is 0 Å². The molecule has 0 aliphatic carbocycles. The van der Waals surface area contributed by atoms with Crippen LogP contribution in [0.2, 0.25) is 0 Å². The fourth-order valence-corrected chi connectivity index (χ4v) is 4.72. The number of hydrogen-bond acceptors (Lipinski definition) is 4. The summed E-state index contributed by atoms with van der Waals surface area (Å²) >= 11 is 0. The molecule has 2 aromatic rings. The van der Waals surface area contributed by atoms with Crippen LogP contribution in [0, 0.1) is 20.8 Å². The van der Waals surface area contributed by atoms with Gasteiger partial charge in [-0.15, -0.1) is 0 Å². The summed E-state index contributed by atoms with van der Waals surface area (Å²) in [5.41, 5.74) is 3.00. The summed E-state index contributed by atoms with van der Waals surface area (Å²) in [6, 6.07) is 8.85. The first-order valence-electron chi connectivity index (χ1n) is 9.13. The number of carbonyl (C=O) groups excluding carboxylic acids is 1. The van der Waals surface area contributed by atoms with Gasteiger partial charge in [0.1, 0.15) is 0 Å². The molecule has 0 saturated carbocycles. The standard InChI is InChI=1S/C19H26N4O3S/c1-15-4-6-18(7-5-15)27(25,26)22-12-10-21(11-13-22)19(24)8-9-23-17(3)14-16(2)20-23/h4-7,14H,8-13H2,1-3H3. The third-order valence-corrected chi connectivity index (χ3v) is 6.80. The maximum Gasteiger partial charge on any atom is 0.243 e. The number of carbonyl (C=O) groups is 1. The van der Waals surface area contributed by atoms with E-state index in [2.05, 4.69) is 5.10 Å². The minimum Gasteiger partial charge on any atom is -0.340 e. The van der Waals surface area contributed by atoms with Gasteiger partial charge in [-0.25, -0.2) is 8.42 Å². The van der Waals surface area contributed by atoms with Gasteiger partial charge in [0.15, 0.2) is 0 Å². The molecule has 1 aromatic heterocycles. The molecule has 1 aromatic carbocycles. The molecule has 1 aliphatic rings. The zero-order valence-corrected chi connectivity index (χ0v) is 16.9. The Morgan fingerprint density at radius 1 is 1.04 bits per heavy atom. The van der Waals surface area contributed by atoms with E-state index in [9.17, 15) is 13.2 Å². The van der Waals surface area contributed by atoms with Gasteiger partial charge in [-0.05, 0) is 39.0 Å². The average Bonchev–Trinajstić information content (AvgIpc) is 2.97. The van der Waals surface area contributed by atoms with Crippen LogP contribution in [0.1, 0.15) is 23.4 Å². The lowest BCUT2D eigenvalue weighted by atomic mass is 10.2. The predicted molar refractivity (Wildman–Crippen MR) is 103 cm³/mol. The van der Waals surface area contributed by atoms with Crippen LogP contribution >= 0.6 is 0 Å². The van der Waals surface area contributed by atoms with Crippen molar-refractivity contribution in [1.82, 2.24) is 19.0 Å². The Bertz CT molecular complexity index is 911. The van der Waals surface area contributed by atoms with Crippen molar-refractivity contribution in [1.29, 1.82) is 0 Å². The van der Waals surface area contributed by atoms with E-state index in [4.69, 9.17) is 0 Å². The van der Waals surface area contributed by atoms with Gasteiger partial charge < -0.3 is 4.90 Å². The molecule has 1 amide bonds. The zero-order valence-electron chi connectivity index (χ0n) is 16.1. The number of piperazine rings is 1. The van der Waals surface area contributed by atoms with Crippen molar-refractivity contribution >= 4 is 15.9 Å². The molecule has 1 fully saturated rings. The number of hydrogen-bond donors (Lipinski definition) is 0. The number of nitrogens with zero attached hydrogens (tertiary/aromatic N) is 4. The van der Waals surface area contributed by atoms with Crippen LogP contribution in [0.5, 0.6) is 0 Å². The third kappa shape index (κ3) is 4.39. The van der Waals surface area contributed by atoms with E-state index < -0.39 is 10.0 Å². The first-order valence-corrected chi connectivity index (χ1v) is 10.6. The molecule has 8 heteroatoms. The first kappa shape index (κ1) is 19.6. The van der Waals surface area contributed by atoms with Gasteiger partial charge in [0.2, 0.25) is 15.9 Å². The van der Waals surface area contributed by atoms with Gasteiger partial charge in [-0.3, -0.25) is 9.48 Å². The van der Waals surface area contributed by atoms with Crippen LogP contribution in [-0.2, 0) is 21.4 Å². The molecular formula is C19H26N4O3S. The molecule has 3 rings (SSSR count). The van der Waals surface area contributed by atoms with Crippen LogP contribution in [0.25, 0.3) is 0 Å². The summed E-state index contributed by atoms with van der Waals surface area (Å²) in [6.45, 7) is 7.84. The van der Waals surface area contributed by atoms with Crippen molar-refractivity contribution in [2.24, 2.45) is 0 Å². The lowest BCUT2D eigenvalue weighted by Crippen LogP contribution is -2.50. The summed E-state index contributed by atoms with van der Waals surface area (Å²) in [7, 11) is -3.50. The highest BCUT2D eigenvalue weighted by molar-refractivity contribution is 7.89. The maximum atomic E-state index is 12.7. The summed E-state index contributed by atoms with van der Waals surface area (Å²) in [5.74, 6) is 0.0370. The van der Waals surface area contributed by atoms with E-state index >= 15 is 0 Å². The smallest absolute Gasteiger partial charge is 0.243 e. The largest absolute Gasteiger partial charge is 0.340 e. The molecule has 0 spiro atoms. The van der Waals surface area contributed by atoms with Crippen molar-refractivity contribution in [2.45, 2.75) is 38.6 Å².